The summed E-state index contributed by atoms with van der Waals surface area (Å²) in [6, 6.07) is 2.48. The summed E-state index contributed by atoms with van der Waals surface area (Å²) in [6.07, 6.45) is -4.74. The summed E-state index contributed by atoms with van der Waals surface area (Å²) in [6.45, 7) is -1.39. The second-order valence-corrected chi connectivity index (χ2v) is 2.95. The van der Waals surface area contributed by atoms with Gasteiger partial charge in [-0.25, -0.2) is 9.18 Å². The molecule has 0 saturated carbocycles. The Hall–Kier alpha value is -1.79. The maximum Gasteiger partial charge on any atom is 0.419 e. The van der Waals surface area contributed by atoms with Crippen LogP contribution in [0.3, 0.4) is 0 Å². The van der Waals surface area contributed by atoms with E-state index in [9.17, 15) is 22.4 Å². The average Bonchev–Trinajstić information content (AvgIpc) is 2.27. The zero-order valence-corrected chi connectivity index (χ0v) is 8.68. The highest BCUT2D eigenvalue weighted by Gasteiger charge is 2.35. The van der Waals surface area contributed by atoms with Gasteiger partial charge in [0.15, 0.2) is 0 Å². The van der Waals surface area contributed by atoms with Crippen LogP contribution in [-0.4, -0.2) is 19.9 Å². The van der Waals surface area contributed by atoms with E-state index in [4.69, 9.17) is 0 Å². The predicted molar refractivity (Wildman–Crippen MR) is 49.4 cm³/mol. The van der Waals surface area contributed by atoms with Gasteiger partial charge in [0.2, 0.25) is 6.86 Å². The fourth-order valence-corrected chi connectivity index (χ4v) is 1.18. The first-order chi connectivity index (χ1) is 7.90. The van der Waals surface area contributed by atoms with Crippen LogP contribution in [0.15, 0.2) is 18.2 Å². The number of hydrogen-bond donors (Lipinski definition) is 0. The number of carbonyl (C=O) groups excluding carboxylic acids is 1. The summed E-state index contributed by atoms with van der Waals surface area (Å²) in [5.41, 5.74) is -1.51. The molecule has 0 aliphatic carbocycles. The maximum atomic E-state index is 12.6. The molecule has 1 aromatic carbocycles. The summed E-state index contributed by atoms with van der Waals surface area (Å²) < 4.78 is 58.1. The Morgan fingerprint density at radius 2 is 2.00 bits per heavy atom. The van der Waals surface area contributed by atoms with Crippen molar-refractivity contribution < 1.29 is 31.8 Å². The fourth-order valence-electron chi connectivity index (χ4n) is 1.18. The van der Waals surface area contributed by atoms with Gasteiger partial charge in [-0.3, -0.25) is 0 Å². The minimum absolute atomic E-state index is 0.286. The number of ether oxygens (including phenoxy) is 2. The Labute approximate surface area is 93.9 Å². The monoisotopic (exact) mass is 252 g/mol. The Morgan fingerprint density at radius 1 is 1.35 bits per heavy atom. The van der Waals surface area contributed by atoms with E-state index >= 15 is 0 Å². The smallest absolute Gasteiger partial charge is 0.419 e. The third kappa shape index (κ3) is 3.08. The summed E-state index contributed by atoms with van der Waals surface area (Å²) in [7, 11) is 1.04. The van der Waals surface area contributed by atoms with Crippen LogP contribution in [0.4, 0.5) is 17.6 Å². The quantitative estimate of drug-likeness (QED) is 0.613. The first kappa shape index (κ1) is 13.3. The molecule has 7 heteroatoms. The van der Waals surface area contributed by atoms with Gasteiger partial charge in [-0.1, -0.05) is 0 Å². The molecular formula is C10H8F4O3. The Kier molecular flexibility index (Phi) is 3.93. The molecule has 17 heavy (non-hydrogen) atoms. The molecule has 0 bridgehead atoms. The molecule has 0 heterocycles. The van der Waals surface area contributed by atoms with Gasteiger partial charge >= 0.3 is 12.1 Å². The van der Waals surface area contributed by atoms with E-state index in [1.54, 1.807) is 0 Å². The van der Waals surface area contributed by atoms with Crippen molar-refractivity contribution in [3.63, 3.8) is 0 Å². The summed E-state index contributed by atoms with van der Waals surface area (Å²) in [5, 5.41) is 0. The van der Waals surface area contributed by atoms with E-state index in [0.717, 1.165) is 19.2 Å². The Bertz CT molecular complexity index is 415. The number of hydrogen-bond acceptors (Lipinski definition) is 3. The number of carbonyl (C=O) groups is 1. The summed E-state index contributed by atoms with van der Waals surface area (Å²) >= 11 is 0. The number of rotatable bonds is 3. The lowest BCUT2D eigenvalue weighted by Crippen LogP contribution is -2.11. The Morgan fingerprint density at radius 3 is 2.47 bits per heavy atom. The number of halogens is 4. The summed E-state index contributed by atoms with van der Waals surface area (Å²) in [5.74, 6) is -1.59. The average molecular weight is 252 g/mol. The van der Waals surface area contributed by atoms with Crippen molar-refractivity contribution in [2.75, 3.05) is 14.0 Å². The van der Waals surface area contributed by atoms with Crippen molar-refractivity contribution in [1.29, 1.82) is 0 Å². The van der Waals surface area contributed by atoms with Crippen molar-refractivity contribution in [3.05, 3.63) is 29.3 Å². The molecule has 0 N–H and O–H groups in total. The SMILES string of the molecule is COC(=O)c1ccc(OCF)c(C(F)(F)F)c1. The highest BCUT2D eigenvalue weighted by atomic mass is 19.4. The van der Waals surface area contributed by atoms with Crippen LogP contribution < -0.4 is 4.74 Å². The molecule has 3 nitrogen and oxygen atoms in total. The lowest BCUT2D eigenvalue weighted by atomic mass is 10.1. The molecule has 0 unspecified atom stereocenters. The van der Waals surface area contributed by atoms with Crippen LogP contribution >= 0.6 is 0 Å². The van der Waals surface area contributed by atoms with Crippen LogP contribution in [0.2, 0.25) is 0 Å². The third-order valence-corrected chi connectivity index (χ3v) is 1.92. The predicted octanol–water partition coefficient (Wildman–Crippen LogP) is 2.80. The van der Waals surface area contributed by atoms with Gasteiger partial charge in [-0.15, -0.1) is 0 Å². The number of benzene rings is 1. The molecule has 0 aromatic heterocycles. The molecule has 0 saturated heterocycles. The van der Waals surface area contributed by atoms with Crippen molar-refractivity contribution in [2.45, 2.75) is 6.18 Å². The molecular weight excluding hydrogens is 244 g/mol. The maximum absolute atomic E-state index is 12.6. The minimum atomic E-state index is -4.74. The van der Waals surface area contributed by atoms with Crippen LogP contribution in [0.25, 0.3) is 0 Å². The van der Waals surface area contributed by atoms with Gasteiger partial charge in [-0.2, -0.15) is 13.2 Å². The molecule has 0 spiro atoms. The zero-order valence-electron chi connectivity index (χ0n) is 8.68. The standard InChI is InChI=1S/C10H8F4O3/c1-16-9(15)6-2-3-8(17-5-11)7(4-6)10(12,13)14/h2-4H,5H2,1H3. The van der Waals surface area contributed by atoms with Crippen molar-refractivity contribution >= 4 is 5.97 Å². The topological polar surface area (TPSA) is 35.5 Å². The van der Waals surface area contributed by atoms with Gasteiger partial charge < -0.3 is 9.47 Å². The molecule has 1 aromatic rings. The number of methoxy groups -OCH3 is 1. The molecule has 94 valence electrons. The van der Waals surface area contributed by atoms with E-state index < -0.39 is 30.3 Å². The van der Waals surface area contributed by atoms with Crippen molar-refractivity contribution in [1.82, 2.24) is 0 Å². The van der Waals surface area contributed by atoms with Gasteiger partial charge in [0.05, 0.1) is 18.2 Å². The minimum Gasteiger partial charge on any atom is -0.465 e. The zero-order chi connectivity index (χ0) is 13.1. The highest BCUT2D eigenvalue weighted by Crippen LogP contribution is 2.36. The molecule has 0 aliphatic rings. The third-order valence-electron chi connectivity index (χ3n) is 1.92. The second-order valence-electron chi connectivity index (χ2n) is 2.95. The molecule has 0 atom stereocenters. The van der Waals surface area contributed by atoms with E-state index in [2.05, 4.69) is 9.47 Å². The van der Waals surface area contributed by atoms with E-state index in [1.807, 2.05) is 0 Å². The molecule has 1 rings (SSSR count). The first-order valence-corrected chi connectivity index (χ1v) is 4.38. The largest absolute Gasteiger partial charge is 0.465 e. The van der Waals surface area contributed by atoms with Crippen LogP contribution in [-0.2, 0) is 10.9 Å². The highest BCUT2D eigenvalue weighted by molar-refractivity contribution is 5.89. The van der Waals surface area contributed by atoms with Crippen molar-refractivity contribution in [2.24, 2.45) is 0 Å². The fraction of sp³-hybridized carbons (Fsp3) is 0.300. The van der Waals surface area contributed by atoms with Crippen molar-refractivity contribution in [3.8, 4) is 5.75 Å². The van der Waals surface area contributed by atoms with E-state index in [1.165, 1.54) is 0 Å². The lowest BCUT2D eigenvalue weighted by Gasteiger charge is -2.13. The van der Waals surface area contributed by atoms with Gasteiger partial charge in [0, 0.05) is 0 Å². The molecule has 0 amide bonds. The number of esters is 1. The first-order valence-electron chi connectivity index (χ1n) is 4.38. The van der Waals surface area contributed by atoms with E-state index in [0.29, 0.717) is 6.07 Å². The molecule has 0 fully saturated rings. The molecule has 0 aliphatic heterocycles. The van der Waals surface area contributed by atoms with Gasteiger partial charge in [0.1, 0.15) is 5.75 Å². The molecule has 0 radical (unpaired) electrons. The normalized spacial score (nSPS) is 11.1. The van der Waals surface area contributed by atoms with Gasteiger partial charge in [0.25, 0.3) is 0 Å². The second kappa shape index (κ2) is 5.03. The van der Waals surface area contributed by atoms with Crippen LogP contribution in [0.5, 0.6) is 5.75 Å². The van der Waals surface area contributed by atoms with Gasteiger partial charge in [-0.05, 0) is 18.2 Å². The van der Waals surface area contributed by atoms with Crippen LogP contribution in [0.1, 0.15) is 15.9 Å². The Balaban J connectivity index is 3.24. The lowest BCUT2D eigenvalue weighted by molar-refractivity contribution is -0.139. The van der Waals surface area contributed by atoms with Crippen LogP contribution in [0, 0.1) is 0 Å². The number of alkyl halides is 4. The van der Waals surface area contributed by atoms with E-state index in [-0.39, 0.29) is 5.56 Å². The summed E-state index contributed by atoms with van der Waals surface area (Å²) in [4.78, 5) is 11.1.